The van der Waals surface area contributed by atoms with Gasteiger partial charge >= 0.3 is 0 Å². The van der Waals surface area contributed by atoms with Crippen molar-refractivity contribution in [3.63, 3.8) is 0 Å². The standard InChI is InChI=1S/C10H6Cl2N4O/c11-7-8(12)14-5-15-9(7)16-10(17)6-1-3-13-4-2-6/h1-5H,(H,14,15,16,17). The molecule has 0 unspecified atom stereocenters. The molecule has 1 N–H and O–H groups in total. The maximum Gasteiger partial charge on any atom is 0.256 e. The Kier molecular flexibility index (Phi) is 3.51. The van der Waals surface area contributed by atoms with Crippen molar-refractivity contribution in [3.05, 3.63) is 46.6 Å². The molecule has 2 aromatic heterocycles. The van der Waals surface area contributed by atoms with E-state index in [0.29, 0.717) is 5.56 Å². The second kappa shape index (κ2) is 5.07. The smallest absolute Gasteiger partial charge is 0.256 e. The first-order valence-corrected chi connectivity index (χ1v) is 5.31. The van der Waals surface area contributed by atoms with Gasteiger partial charge in [0, 0.05) is 18.0 Å². The molecule has 1 amide bonds. The van der Waals surface area contributed by atoms with Crippen LogP contribution in [-0.2, 0) is 0 Å². The molecule has 0 fully saturated rings. The minimum atomic E-state index is -0.343. The fourth-order valence-electron chi connectivity index (χ4n) is 1.12. The van der Waals surface area contributed by atoms with E-state index >= 15 is 0 Å². The number of nitrogens with one attached hydrogen (secondary N) is 1. The van der Waals surface area contributed by atoms with Gasteiger partial charge in [0.05, 0.1) is 0 Å². The van der Waals surface area contributed by atoms with E-state index in [2.05, 4.69) is 20.3 Å². The van der Waals surface area contributed by atoms with Gasteiger partial charge in [-0.25, -0.2) is 9.97 Å². The molecule has 2 aromatic rings. The van der Waals surface area contributed by atoms with E-state index in [-0.39, 0.29) is 21.9 Å². The number of carbonyl (C=O) groups excluding carboxylic acids is 1. The molecule has 2 rings (SSSR count). The zero-order valence-electron chi connectivity index (χ0n) is 8.39. The van der Waals surface area contributed by atoms with E-state index in [9.17, 15) is 4.79 Å². The molecular formula is C10H6Cl2N4O. The van der Waals surface area contributed by atoms with Gasteiger partial charge < -0.3 is 5.32 Å². The summed E-state index contributed by atoms with van der Waals surface area (Å²) in [6, 6.07) is 3.15. The largest absolute Gasteiger partial charge is 0.305 e. The third-order valence-corrected chi connectivity index (χ3v) is 2.66. The number of halogens is 2. The lowest BCUT2D eigenvalue weighted by molar-refractivity contribution is 0.102. The summed E-state index contributed by atoms with van der Waals surface area (Å²) >= 11 is 11.5. The highest BCUT2D eigenvalue weighted by atomic mass is 35.5. The van der Waals surface area contributed by atoms with Crippen molar-refractivity contribution in [2.75, 3.05) is 5.32 Å². The maximum atomic E-state index is 11.8. The lowest BCUT2D eigenvalue weighted by atomic mass is 10.2. The SMILES string of the molecule is O=C(Nc1ncnc(Cl)c1Cl)c1ccncc1. The predicted octanol–water partition coefficient (Wildman–Crippen LogP) is 2.43. The normalized spacial score (nSPS) is 10.0. The minimum absolute atomic E-state index is 0.0895. The van der Waals surface area contributed by atoms with Gasteiger partial charge in [-0.15, -0.1) is 0 Å². The molecule has 0 radical (unpaired) electrons. The summed E-state index contributed by atoms with van der Waals surface area (Å²) < 4.78 is 0. The fraction of sp³-hybridized carbons (Fsp3) is 0. The molecule has 0 saturated carbocycles. The molecule has 2 heterocycles. The van der Waals surface area contributed by atoms with Gasteiger partial charge in [-0.3, -0.25) is 9.78 Å². The van der Waals surface area contributed by atoms with Crippen molar-refractivity contribution in [2.24, 2.45) is 0 Å². The van der Waals surface area contributed by atoms with Crippen molar-refractivity contribution in [1.29, 1.82) is 0 Å². The van der Waals surface area contributed by atoms with E-state index in [1.807, 2.05) is 0 Å². The maximum absolute atomic E-state index is 11.8. The summed E-state index contributed by atoms with van der Waals surface area (Å²) in [6.07, 6.45) is 4.25. The number of carbonyl (C=O) groups is 1. The highest BCUT2D eigenvalue weighted by Gasteiger charge is 2.11. The Balaban J connectivity index is 2.22. The van der Waals surface area contributed by atoms with Gasteiger partial charge in [-0.2, -0.15) is 0 Å². The van der Waals surface area contributed by atoms with Crippen LogP contribution in [-0.4, -0.2) is 20.9 Å². The van der Waals surface area contributed by atoms with Crippen LogP contribution in [0.15, 0.2) is 30.9 Å². The van der Waals surface area contributed by atoms with Crippen molar-refractivity contribution in [3.8, 4) is 0 Å². The highest BCUT2D eigenvalue weighted by molar-refractivity contribution is 6.43. The number of nitrogens with zero attached hydrogens (tertiary/aromatic N) is 3. The zero-order chi connectivity index (χ0) is 12.3. The number of hydrogen-bond acceptors (Lipinski definition) is 4. The van der Waals surface area contributed by atoms with Crippen molar-refractivity contribution >= 4 is 34.9 Å². The summed E-state index contributed by atoms with van der Waals surface area (Å²) in [7, 11) is 0. The number of amides is 1. The molecule has 0 atom stereocenters. The summed E-state index contributed by atoms with van der Waals surface area (Å²) in [5.41, 5.74) is 0.450. The van der Waals surface area contributed by atoms with Crippen LogP contribution in [0.5, 0.6) is 0 Å². The van der Waals surface area contributed by atoms with Crippen LogP contribution in [0.4, 0.5) is 5.82 Å². The van der Waals surface area contributed by atoms with E-state index in [0.717, 1.165) is 0 Å². The average molecular weight is 269 g/mol. The minimum Gasteiger partial charge on any atom is -0.305 e. The van der Waals surface area contributed by atoms with Crippen molar-refractivity contribution in [2.45, 2.75) is 0 Å². The lowest BCUT2D eigenvalue weighted by Gasteiger charge is -2.05. The highest BCUT2D eigenvalue weighted by Crippen LogP contribution is 2.25. The third kappa shape index (κ3) is 2.69. The molecule has 17 heavy (non-hydrogen) atoms. The summed E-state index contributed by atoms with van der Waals surface area (Å²) in [6.45, 7) is 0. The Labute approximate surface area is 107 Å². The van der Waals surface area contributed by atoms with E-state index in [4.69, 9.17) is 23.2 Å². The topological polar surface area (TPSA) is 67.8 Å². The van der Waals surface area contributed by atoms with Crippen LogP contribution in [0.3, 0.4) is 0 Å². The Morgan fingerprint density at radius 3 is 2.59 bits per heavy atom. The van der Waals surface area contributed by atoms with Crippen molar-refractivity contribution < 1.29 is 4.79 Å². The molecule has 0 aromatic carbocycles. The van der Waals surface area contributed by atoms with Crippen molar-refractivity contribution in [1.82, 2.24) is 15.0 Å². The Bertz CT molecular complexity index is 547. The summed E-state index contributed by atoms with van der Waals surface area (Å²) in [4.78, 5) is 23.1. The summed E-state index contributed by atoms with van der Waals surface area (Å²) in [5.74, 6) is -0.169. The van der Waals surface area contributed by atoms with Crippen LogP contribution < -0.4 is 5.32 Å². The van der Waals surface area contributed by atoms with E-state index in [1.165, 1.54) is 18.7 Å². The molecule has 0 aliphatic rings. The quantitative estimate of drug-likeness (QED) is 0.850. The van der Waals surface area contributed by atoms with E-state index in [1.54, 1.807) is 12.1 Å². The molecule has 0 bridgehead atoms. The van der Waals surface area contributed by atoms with Crippen LogP contribution in [0, 0.1) is 0 Å². The number of pyridine rings is 1. The van der Waals surface area contributed by atoms with Crippen LogP contribution in [0.25, 0.3) is 0 Å². The van der Waals surface area contributed by atoms with Crippen LogP contribution in [0.2, 0.25) is 10.2 Å². The number of rotatable bonds is 2. The number of aromatic nitrogens is 3. The Morgan fingerprint density at radius 1 is 1.18 bits per heavy atom. The third-order valence-electron chi connectivity index (χ3n) is 1.92. The first kappa shape index (κ1) is 11.8. The Hall–Kier alpha value is -1.72. The fourth-order valence-corrected chi connectivity index (χ4v) is 1.40. The molecule has 0 saturated heterocycles. The Morgan fingerprint density at radius 2 is 1.88 bits per heavy atom. The van der Waals surface area contributed by atoms with Gasteiger partial charge in [-0.05, 0) is 12.1 Å². The summed E-state index contributed by atoms with van der Waals surface area (Å²) in [5, 5.41) is 2.73. The first-order chi connectivity index (χ1) is 8.18. The second-order valence-corrected chi connectivity index (χ2v) is 3.75. The van der Waals surface area contributed by atoms with Crippen LogP contribution in [0.1, 0.15) is 10.4 Å². The first-order valence-electron chi connectivity index (χ1n) is 4.56. The zero-order valence-corrected chi connectivity index (χ0v) is 9.90. The van der Waals surface area contributed by atoms with Gasteiger partial charge in [0.1, 0.15) is 11.3 Å². The second-order valence-electron chi connectivity index (χ2n) is 3.02. The predicted molar refractivity (Wildman–Crippen MR) is 64.2 cm³/mol. The molecular weight excluding hydrogens is 263 g/mol. The van der Waals surface area contributed by atoms with Gasteiger partial charge in [0.25, 0.3) is 5.91 Å². The van der Waals surface area contributed by atoms with Gasteiger partial charge in [-0.1, -0.05) is 23.2 Å². The monoisotopic (exact) mass is 268 g/mol. The van der Waals surface area contributed by atoms with Gasteiger partial charge in [0.15, 0.2) is 11.0 Å². The lowest BCUT2D eigenvalue weighted by Crippen LogP contribution is -2.13. The molecule has 86 valence electrons. The van der Waals surface area contributed by atoms with E-state index < -0.39 is 0 Å². The molecule has 0 spiro atoms. The number of hydrogen-bond donors (Lipinski definition) is 1. The number of anilines is 1. The molecule has 0 aliphatic heterocycles. The molecule has 7 heteroatoms. The molecule has 0 aliphatic carbocycles. The van der Waals surface area contributed by atoms with Crippen LogP contribution >= 0.6 is 23.2 Å². The van der Waals surface area contributed by atoms with Gasteiger partial charge in [0.2, 0.25) is 0 Å². The molecule has 5 nitrogen and oxygen atoms in total. The average Bonchev–Trinajstić information content (AvgIpc) is 2.36.